The smallest absolute Gasteiger partial charge is 0.125 e. The van der Waals surface area contributed by atoms with Crippen molar-refractivity contribution in [3.8, 4) is 0 Å². The lowest BCUT2D eigenvalue weighted by Gasteiger charge is -2.01. The molecule has 68 valence electrons. The van der Waals surface area contributed by atoms with Gasteiger partial charge < -0.3 is 9.73 Å². The molecular weight excluding hydrogens is 182 g/mol. The number of rotatable bonds is 3. The molecule has 2 rings (SSSR count). The molecule has 0 amide bonds. The third-order valence-corrected chi connectivity index (χ3v) is 2.63. The second-order valence-electron chi connectivity index (χ2n) is 2.89. The van der Waals surface area contributed by atoms with Crippen LogP contribution in [0.4, 0.5) is 5.69 Å². The maximum absolute atomic E-state index is 5.30. The molecule has 2 nitrogen and oxygen atoms in total. The summed E-state index contributed by atoms with van der Waals surface area (Å²) in [7, 11) is 0. The van der Waals surface area contributed by atoms with Crippen LogP contribution in [0.3, 0.4) is 0 Å². The fraction of sp³-hybridized carbons (Fsp3) is 0.200. The third-order valence-electron chi connectivity index (χ3n) is 1.94. The largest absolute Gasteiger partial charge is 0.467 e. The van der Waals surface area contributed by atoms with Crippen LogP contribution in [0, 0.1) is 6.92 Å². The van der Waals surface area contributed by atoms with E-state index in [-0.39, 0.29) is 0 Å². The fourth-order valence-electron chi connectivity index (χ4n) is 1.13. The van der Waals surface area contributed by atoms with Crippen molar-refractivity contribution >= 4 is 17.0 Å². The lowest BCUT2D eigenvalue weighted by molar-refractivity contribution is 0.515. The molecule has 0 aliphatic carbocycles. The van der Waals surface area contributed by atoms with Crippen LogP contribution in [-0.2, 0) is 6.54 Å². The van der Waals surface area contributed by atoms with Gasteiger partial charge in [0.15, 0.2) is 0 Å². The van der Waals surface area contributed by atoms with Gasteiger partial charge in [-0.25, -0.2) is 0 Å². The van der Waals surface area contributed by atoms with E-state index in [2.05, 4.69) is 22.1 Å². The Morgan fingerprint density at radius 2 is 2.38 bits per heavy atom. The van der Waals surface area contributed by atoms with Crippen molar-refractivity contribution in [3.05, 3.63) is 40.5 Å². The Balaban J connectivity index is 1.97. The van der Waals surface area contributed by atoms with Crippen molar-refractivity contribution in [2.24, 2.45) is 0 Å². The van der Waals surface area contributed by atoms with E-state index in [1.807, 2.05) is 13.0 Å². The van der Waals surface area contributed by atoms with E-state index in [0.717, 1.165) is 18.0 Å². The van der Waals surface area contributed by atoms with Gasteiger partial charge in [-0.05, 0) is 30.0 Å². The minimum atomic E-state index is 0.759. The molecule has 0 aliphatic rings. The number of nitrogens with one attached hydrogen (secondary N) is 1. The first-order valence-corrected chi connectivity index (χ1v) is 5.09. The van der Waals surface area contributed by atoms with Crippen LogP contribution < -0.4 is 5.32 Å². The Kier molecular flexibility index (Phi) is 2.36. The van der Waals surface area contributed by atoms with E-state index in [9.17, 15) is 0 Å². The molecule has 0 aliphatic heterocycles. The highest BCUT2D eigenvalue weighted by molar-refractivity contribution is 7.08. The Hall–Kier alpha value is -1.22. The first-order valence-electron chi connectivity index (χ1n) is 4.15. The van der Waals surface area contributed by atoms with Gasteiger partial charge in [0.1, 0.15) is 5.76 Å². The molecule has 13 heavy (non-hydrogen) atoms. The van der Waals surface area contributed by atoms with Gasteiger partial charge in [0.2, 0.25) is 0 Å². The third kappa shape index (κ3) is 1.92. The second kappa shape index (κ2) is 3.66. The normalized spacial score (nSPS) is 10.2. The molecule has 1 N–H and O–H groups in total. The zero-order valence-electron chi connectivity index (χ0n) is 7.41. The highest BCUT2D eigenvalue weighted by Gasteiger charge is 2.00. The number of anilines is 1. The summed E-state index contributed by atoms with van der Waals surface area (Å²) in [5.41, 5.74) is 2.35. The van der Waals surface area contributed by atoms with Gasteiger partial charge in [0.25, 0.3) is 0 Å². The monoisotopic (exact) mass is 193 g/mol. The van der Waals surface area contributed by atoms with Crippen LogP contribution in [-0.4, -0.2) is 0 Å². The molecule has 0 fully saturated rings. The van der Waals surface area contributed by atoms with E-state index in [1.54, 1.807) is 17.6 Å². The van der Waals surface area contributed by atoms with Crippen molar-refractivity contribution in [1.29, 1.82) is 0 Å². The number of aryl methyl sites for hydroxylation is 1. The molecule has 0 spiro atoms. The minimum Gasteiger partial charge on any atom is -0.467 e. The van der Waals surface area contributed by atoms with Crippen LogP contribution in [0.2, 0.25) is 0 Å². The fourth-order valence-corrected chi connectivity index (χ4v) is 1.74. The van der Waals surface area contributed by atoms with Crippen LogP contribution in [0.25, 0.3) is 0 Å². The summed E-state index contributed by atoms with van der Waals surface area (Å²) in [6, 6.07) is 4.04. The minimum absolute atomic E-state index is 0.759. The Morgan fingerprint density at radius 1 is 1.46 bits per heavy atom. The van der Waals surface area contributed by atoms with Crippen molar-refractivity contribution in [1.82, 2.24) is 0 Å². The molecule has 2 aromatic heterocycles. The Bertz CT molecular complexity index is 364. The number of hydrogen-bond donors (Lipinski definition) is 1. The zero-order valence-corrected chi connectivity index (χ0v) is 8.23. The average Bonchev–Trinajstić information content (AvgIpc) is 2.72. The van der Waals surface area contributed by atoms with E-state index in [1.165, 1.54) is 5.56 Å². The molecule has 0 atom stereocenters. The summed E-state index contributed by atoms with van der Waals surface area (Å²) in [6.07, 6.45) is 1.72. The number of furan rings is 1. The Morgan fingerprint density at radius 3 is 3.00 bits per heavy atom. The van der Waals surface area contributed by atoms with Gasteiger partial charge in [-0.3, -0.25) is 0 Å². The van der Waals surface area contributed by atoms with Crippen LogP contribution in [0.15, 0.2) is 33.6 Å². The Labute approximate surface area is 81.2 Å². The lowest BCUT2D eigenvalue weighted by Crippen LogP contribution is -1.97. The molecule has 3 heteroatoms. The SMILES string of the molecule is Cc1ccoc1CNc1ccsc1. The van der Waals surface area contributed by atoms with Gasteiger partial charge in [-0.1, -0.05) is 0 Å². The first-order chi connectivity index (χ1) is 6.36. The standard InChI is InChI=1S/C10H11NOS/c1-8-2-4-12-10(8)6-11-9-3-5-13-7-9/h2-5,7,11H,6H2,1H3. The molecular formula is C10H11NOS. The quantitative estimate of drug-likeness (QED) is 0.809. The van der Waals surface area contributed by atoms with Gasteiger partial charge in [0, 0.05) is 11.1 Å². The average molecular weight is 193 g/mol. The van der Waals surface area contributed by atoms with E-state index in [4.69, 9.17) is 4.42 Å². The van der Waals surface area contributed by atoms with Gasteiger partial charge in [-0.2, -0.15) is 11.3 Å². The highest BCUT2D eigenvalue weighted by Crippen LogP contribution is 2.15. The summed E-state index contributed by atoms with van der Waals surface area (Å²) < 4.78 is 5.30. The van der Waals surface area contributed by atoms with Crippen molar-refractivity contribution in [2.45, 2.75) is 13.5 Å². The molecule has 0 radical (unpaired) electrons. The van der Waals surface area contributed by atoms with E-state index in [0.29, 0.717) is 0 Å². The number of hydrogen-bond acceptors (Lipinski definition) is 3. The maximum Gasteiger partial charge on any atom is 0.125 e. The van der Waals surface area contributed by atoms with Gasteiger partial charge >= 0.3 is 0 Å². The number of thiophene rings is 1. The predicted octanol–water partition coefficient (Wildman–Crippen LogP) is 3.26. The molecule has 0 bridgehead atoms. The summed E-state index contributed by atoms with van der Waals surface area (Å²) in [5.74, 6) is 1.01. The van der Waals surface area contributed by atoms with Crippen LogP contribution in [0.5, 0.6) is 0 Å². The summed E-state index contributed by atoms with van der Waals surface area (Å²) in [4.78, 5) is 0. The van der Waals surface area contributed by atoms with Crippen LogP contribution in [0.1, 0.15) is 11.3 Å². The summed E-state index contributed by atoms with van der Waals surface area (Å²) in [6.45, 7) is 2.81. The molecule has 0 saturated heterocycles. The molecule has 0 saturated carbocycles. The predicted molar refractivity (Wildman–Crippen MR) is 55.1 cm³/mol. The van der Waals surface area contributed by atoms with Crippen LogP contribution >= 0.6 is 11.3 Å². The zero-order chi connectivity index (χ0) is 9.10. The molecule has 2 heterocycles. The topological polar surface area (TPSA) is 25.2 Å². The summed E-state index contributed by atoms with van der Waals surface area (Å²) in [5, 5.41) is 7.42. The lowest BCUT2D eigenvalue weighted by atomic mass is 10.3. The molecule has 0 unspecified atom stereocenters. The van der Waals surface area contributed by atoms with Crippen molar-refractivity contribution in [2.75, 3.05) is 5.32 Å². The first kappa shape index (κ1) is 8.38. The van der Waals surface area contributed by atoms with E-state index >= 15 is 0 Å². The van der Waals surface area contributed by atoms with Gasteiger partial charge in [0.05, 0.1) is 12.8 Å². The van der Waals surface area contributed by atoms with Crippen molar-refractivity contribution in [3.63, 3.8) is 0 Å². The second-order valence-corrected chi connectivity index (χ2v) is 3.67. The van der Waals surface area contributed by atoms with Gasteiger partial charge in [-0.15, -0.1) is 0 Å². The van der Waals surface area contributed by atoms with E-state index < -0.39 is 0 Å². The molecule has 0 aromatic carbocycles. The summed E-state index contributed by atoms with van der Waals surface area (Å²) >= 11 is 1.69. The highest BCUT2D eigenvalue weighted by atomic mass is 32.1. The maximum atomic E-state index is 5.30. The van der Waals surface area contributed by atoms with Crippen molar-refractivity contribution < 1.29 is 4.42 Å². The molecule has 2 aromatic rings.